The zero-order chi connectivity index (χ0) is 13.9. The van der Waals surface area contributed by atoms with E-state index in [0.29, 0.717) is 10.8 Å². The van der Waals surface area contributed by atoms with E-state index < -0.39 is 9.84 Å². The summed E-state index contributed by atoms with van der Waals surface area (Å²) in [5.41, 5.74) is 1.12. The first-order valence-electron chi connectivity index (χ1n) is 6.72. The van der Waals surface area contributed by atoms with Gasteiger partial charge in [-0.2, -0.15) is 0 Å². The lowest BCUT2D eigenvalue weighted by Crippen LogP contribution is -2.41. The van der Waals surface area contributed by atoms with Gasteiger partial charge in [0.15, 0.2) is 9.84 Å². The van der Waals surface area contributed by atoms with E-state index in [1.807, 2.05) is 24.3 Å². The summed E-state index contributed by atoms with van der Waals surface area (Å²) in [4.78, 5) is 0. The molecule has 0 aromatic heterocycles. The van der Waals surface area contributed by atoms with Gasteiger partial charge >= 0.3 is 0 Å². The van der Waals surface area contributed by atoms with Gasteiger partial charge in [0, 0.05) is 17.1 Å². The molecule has 0 amide bonds. The first kappa shape index (κ1) is 14.8. The lowest BCUT2D eigenvalue weighted by molar-refractivity contribution is 0.414. The van der Waals surface area contributed by atoms with Gasteiger partial charge in [-0.25, -0.2) is 8.42 Å². The molecule has 1 aromatic rings. The van der Waals surface area contributed by atoms with Crippen molar-refractivity contribution >= 4 is 21.4 Å². The number of sulfone groups is 1. The van der Waals surface area contributed by atoms with Crippen LogP contribution in [0.3, 0.4) is 0 Å². The molecule has 1 saturated heterocycles. The Bertz CT molecular complexity index is 530. The number of halogens is 1. The second kappa shape index (κ2) is 6.25. The zero-order valence-corrected chi connectivity index (χ0v) is 12.7. The van der Waals surface area contributed by atoms with Gasteiger partial charge in [0.1, 0.15) is 0 Å². The number of nitrogens with one attached hydrogen (secondary N) is 1. The fourth-order valence-electron chi connectivity index (χ4n) is 2.61. The molecule has 2 unspecified atom stereocenters. The van der Waals surface area contributed by atoms with Crippen LogP contribution in [-0.4, -0.2) is 26.0 Å². The highest BCUT2D eigenvalue weighted by atomic mass is 35.5. The van der Waals surface area contributed by atoms with Crippen molar-refractivity contribution < 1.29 is 8.42 Å². The summed E-state index contributed by atoms with van der Waals surface area (Å²) < 4.78 is 23.3. The lowest BCUT2D eigenvalue weighted by atomic mass is 10.0. The van der Waals surface area contributed by atoms with E-state index in [-0.39, 0.29) is 17.8 Å². The van der Waals surface area contributed by atoms with Gasteiger partial charge in [0.25, 0.3) is 0 Å². The van der Waals surface area contributed by atoms with Crippen molar-refractivity contribution in [3.63, 3.8) is 0 Å². The molecule has 0 bridgehead atoms. The Morgan fingerprint density at radius 2 is 2.26 bits per heavy atom. The minimum atomic E-state index is -2.86. The van der Waals surface area contributed by atoms with E-state index >= 15 is 0 Å². The van der Waals surface area contributed by atoms with Gasteiger partial charge in [-0.05, 0) is 37.0 Å². The largest absolute Gasteiger partial charge is 0.306 e. The topological polar surface area (TPSA) is 46.2 Å². The number of hydrogen-bond acceptors (Lipinski definition) is 3. The molecule has 1 N–H and O–H groups in total. The summed E-state index contributed by atoms with van der Waals surface area (Å²) in [5, 5.41) is 4.18. The molecular weight excluding hydrogens is 282 g/mol. The van der Waals surface area contributed by atoms with Gasteiger partial charge < -0.3 is 5.32 Å². The van der Waals surface area contributed by atoms with Crippen LogP contribution in [0.1, 0.15) is 37.8 Å². The van der Waals surface area contributed by atoms with Crippen LogP contribution in [0.25, 0.3) is 0 Å². The van der Waals surface area contributed by atoms with Crippen LogP contribution in [0.5, 0.6) is 0 Å². The van der Waals surface area contributed by atoms with E-state index in [0.717, 1.165) is 24.8 Å². The van der Waals surface area contributed by atoms with Crippen LogP contribution in [0.15, 0.2) is 24.3 Å². The Hall–Kier alpha value is -0.580. The van der Waals surface area contributed by atoms with Crippen LogP contribution in [0, 0.1) is 0 Å². The van der Waals surface area contributed by atoms with E-state index in [4.69, 9.17) is 11.6 Å². The molecule has 1 heterocycles. The third-order valence-electron chi connectivity index (χ3n) is 3.56. The predicted octanol–water partition coefficient (Wildman–Crippen LogP) is 2.96. The SMILES string of the molecule is CCC(NC1CCCS(=O)(=O)C1)c1cccc(Cl)c1. The summed E-state index contributed by atoms with van der Waals surface area (Å²) in [7, 11) is -2.86. The molecule has 1 aliphatic rings. The molecule has 0 radical (unpaired) electrons. The quantitative estimate of drug-likeness (QED) is 0.930. The van der Waals surface area contributed by atoms with Crippen LogP contribution < -0.4 is 5.32 Å². The number of hydrogen-bond donors (Lipinski definition) is 1. The number of rotatable bonds is 4. The highest BCUT2D eigenvalue weighted by Crippen LogP contribution is 2.23. The van der Waals surface area contributed by atoms with Crippen molar-refractivity contribution in [2.45, 2.75) is 38.3 Å². The first-order chi connectivity index (χ1) is 9.00. The van der Waals surface area contributed by atoms with Crippen LogP contribution >= 0.6 is 11.6 Å². The maximum absolute atomic E-state index is 11.7. The highest BCUT2D eigenvalue weighted by molar-refractivity contribution is 7.91. The normalized spacial score (nSPS) is 24.0. The minimum Gasteiger partial charge on any atom is -0.306 e. The molecule has 1 aromatic carbocycles. The molecule has 5 heteroatoms. The monoisotopic (exact) mass is 301 g/mol. The predicted molar refractivity (Wildman–Crippen MR) is 79.3 cm³/mol. The lowest BCUT2D eigenvalue weighted by Gasteiger charge is -2.28. The Kier molecular flexibility index (Phi) is 4.87. The molecule has 1 aliphatic heterocycles. The Morgan fingerprint density at radius 3 is 2.89 bits per heavy atom. The Balaban J connectivity index is 2.07. The standard InChI is InChI=1S/C14H20ClNO2S/c1-2-14(11-5-3-6-12(15)9-11)16-13-7-4-8-19(17,18)10-13/h3,5-6,9,13-14,16H,2,4,7-8,10H2,1H3. The molecule has 19 heavy (non-hydrogen) atoms. The zero-order valence-electron chi connectivity index (χ0n) is 11.1. The van der Waals surface area contributed by atoms with Crippen LogP contribution in [0.4, 0.5) is 0 Å². The summed E-state index contributed by atoms with van der Waals surface area (Å²) in [6.07, 6.45) is 2.60. The van der Waals surface area contributed by atoms with Crippen molar-refractivity contribution in [2.75, 3.05) is 11.5 Å². The maximum atomic E-state index is 11.7. The van der Waals surface area contributed by atoms with E-state index in [1.54, 1.807) is 0 Å². The minimum absolute atomic E-state index is 0.0580. The Morgan fingerprint density at radius 1 is 1.47 bits per heavy atom. The number of benzene rings is 1. The average Bonchev–Trinajstić information content (AvgIpc) is 2.35. The van der Waals surface area contributed by atoms with Gasteiger partial charge in [0.05, 0.1) is 11.5 Å². The summed E-state index contributed by atoms with van der Waals surface area (Å²) in [6, 6.07) is 7.98. The molecule has 0 spiro atoms. The highest BCUT2D eigenvalue weighted by Gasteiger charge is 2.26. The second-order valence-electron chi connectivity index (χ2n) is 5.14. The third-order valence-corrected chi connectivity index (χ3v) is 5.62. The molecule has 1 fully saturated rings. The molecule has 2 rings (SSSR count). The summed E-state index contributed by atoms with van der Waals surface area (Å²) in [5.74, 6) is 0.587. The average molecular weight is 302 g/mol. The van der Waals surface area contributed by atoms with Gasteiger partial charge in [-0.3, -0.25) is 0 Å². The first-order valence-corrected chi connectivity index (χ1v) is 8.92. The molecular formula is C14H20ClNO2S. The van der Waals surface area contributed by atoms with Crippen molar-refractivity contribution in [1.82, 2.24) is 5.32 Å². The molecule has 2 atom stereocenters. The summed E-state index contributed by atoms with van der Waals surface area (Å²) in [6.45, 7) is 2.09. The van der Waals surface area contributed by atoms with Crippen molar-refractivity contribution in [1.29, 1.82) is 0 Å². The Labute approximate surface area is 120 Å². The third kappa shape index (κ3) is 4.20. The maximum Gasteiger partial charge on any atom is 0.151 e. The fourth-order valence-corrected chi connectivity index (χ4v) is 4.46. The van der Waals surface area contributed by atoms with Crippen molar-refractivity contribution in [3.05, 3.63) is 34.9 Å². The van der Waals surface area contributed by atoms with E-state index in [1.165, 1.54) is 0 Å². The van der Waals surface area contributed by atoms with Crippen molar-refractivity contribution in [2.24, 2.45) is 0 Å². The van der Waals surface area contributed by atoms with Crippen molar-refractivity contribution in [3.8, 4) is 0 Å². The molecule has 0 saturated carbocycles. The van der Waals surface area contributed by atoms with Crippen LogP contribution in [-0.2, 0) is 9.84 Å². The second-order valence-corrected chi connectivity index (χ2v) is 7.80. The summed E-state index contributed by atoms with van der Waals surface area (Å²) >= 11 is 6.01. The van der Waals surface area contributed by atoms with E-state index in [2.05, 4.69) is 12.2 Å². The van der Waals surface area contributed by atoms with Gasteiger partial charge in [-0.15, -0.1) is 0 Å². The van der Waals surface area contributed by atoms with Gasteiger partial charge in [0.2, 0.25) is 0 Å². The van der Waals surface area contributed by atoms with Crippen LogP contribution in [0.2, 0.25) is 5.02 Å². The smallest absolute Gasteiger partial charge is 0.151 e. The fraction of sp³-hybridized carbons (Fsp3) is 0.571. The molecule has 3 nitrogen and oxygen atoms in total. The molecule has 106 valence electrons. The molecule has 0 aliphatic carbocycles. The van der Waals surface area contributed by atoms with Gasteiger partial charge in [-0.1, -0.05) is 30.7 Å². The van der Waals surface area contributed by atoms with E-state index in [9.17, 15) is 8.42 Å².